The van der Waals surface area contributed by atoms with Crippen LogP contribution in [0, 0.1) is 23.7 Å². The first kappa shape index (κ1) is 23.9. The molecule has 9 nitrogen and oxygen atoms in total. The van der Waals surface area contributed by atoms with E-state index in [1.54, 1.807) is 6.20 Å². The number of nitrogens with one attached hydrogen (secondary N) is 2. The molecule has 3 heterocycles. The predicted octanol–water partition coefficient (Wildman–Crippen LogP) is 3.89. The summed E-state index contributed by atoms with van der Waals surface area (Å²) < 4.78 is 6.01. The van der Waals surface area contributed by atoms with Gasteiger partial charge in [-0.3, -0.25) is 4.79 Å². The van der Waals surface area contributed by atoms with Crippen LogP contribution in [0.5, 0.6) is 5.88 Å². The SMILES string of the molecule is Cc1c(C(=O)NCCCN(C)C)sc2ncnc(Nc3cccnc3OCC3(CC#N)CC3)c12. The molecule has 0 unspecified atom stereocenters. The maximum absolute atomic E-state index is 12.8. The Bertz CT molecular complexity index is 1210. The number of aromatic nitrogens is 3. The van der Waals surface area contributed by atoms with Gasteiger partial charge >= 0.3 is 0 Å². The molecular formula is C24H29N7O2S. The summed E-state index contributed by atoms with van der Waals surface area (Å²) in [4.78, 5) is 29.5. The zero-order chi connectivity index (χ0) is 24.1. The topological polar surface area (TPSA) is 116 Å². The Morgan fingerprint density at radius 2 is 2.15 bits per heavy atom. The summed E-state index contributed by atoms with van der Waals surface area (Å²) in [5.74, 6) is 0.967. The lowest BCUT2D eigenvalue weighted by molar-refractivity contribution is 0.0956. The summed E-state index contributed by atoms with van der Waals surface area (Å²) >= 11 is 1.36. The maximum Gasteiger partial charge on any atom is 0.261 e. The lowest BCUT2D eigenvalue weighted by Crippen LogP contribution is -2.26. The zero-order valence-electron chi connectivity index (χ0n) is 19.7. The Morgan fingerprint density at radius 1 is 1.32 bits per heavy atom. The Balaban J connectivity index is 1.52. The molecule has 0 atom stereocenters. The van der Waals surface area contributed by atoms with Crippen LogP contribution in [0.15, 0.2) is 24.7 Å². The number of carbonyl (C=O) groups excluding carboxylic acids is 1. The van der Waals surface area contributed by atoms with Crippen LogP contribution in [0.4, 0.5) is 11.5 Å². The highest BCUT2D eigenvalue weighted by Gasteiger charge is 2.43. The molecule has 3 aromatic heterocycles. The standard InChI is InChI=1S/C24H29N7O2S/c1-16-18-20(28-15-29-23(18)34-19(16)21(32)26-12-5-13-31(2)3)30-17-6-4-11-27-22(17)33-14-24(7-8-24)9-10-25/h4,6,11,15H,5,7-9,12-14H2,1-3H3,(H,26,32)(H,28,29,30). The monoisotopic (exact) mass is 479 g/mol. The Labute approximate surface area is 203 Å². The highest BCUT2D eigenvalue weighted by Crippen LogP contribution is 2.49. The number of hydrogen-bond donors (Lipinski definition) is 2. The number of hydrogen-bond acceptors (Lipinski definition) is 9. The second kappa shape index (κ2) is 10.3. The quantitative estimate of drug-likeness (QED) is 0.398. The molecule has 1 aliphatic rings. The molecular weight excluding hydrogens is 450 g/mol. The van der Waals surface area contributed by atoms with E-state index in [2.05, 4.69) is 36.6 Å². The van der Waals surface area contributed by atoms with Crippen LogP contribution < -0.4 is 15.4 Å². The van der Waals surface area contributed by atoms with Crippen LogP contribution in [-0.4, -0.2) is 59.6 Å². The number of pyridine rings is 1. The van der Waals surface area contributed by atoms with Crippen LogP contribution in [0.25, 0.3) is 10.2 Å². The summed E-state index contributed by atoms with van der Waals surface area (Å²) in [5, 5.41) is 16.2. The molecule has 2 N–H and O–H groups in total. The van der Waals surface area contributed by atoms with E-state index < -0.39 is 0 Å². The molecule has 4 rings (SSSR count). The number of carbonyl (C=O) groups is 1. The first-order valence-electron chi connectivity index (χ1n) is 11.3. The molecule has 1 saturated carbocycles. The number of ether oxygens (including phenoxy) is 1. The maximum atomic E-state index is 12.8. The third-order valence-corrected chi connectivity index (χ3v) is 7.15. The zero-order valence-corrected chi connectivity index (χ0v) is 20.5. The van der Waals surface area contributed by atoms with E-state index in [1.807, 2.05) is 33.2 Å². The van der Waals surface area contributed by atoms with Gasteiger partial charge in [-0.1, -0.05) is 0 Å². The summed E-state index contributed by atoms with van der Waals surface area (Å²) in [6.07, 6.45) is 6.53. The number of nitriles is 1. The van der Waals surface area contributed by atoms with Crippen molar-refractivity contribution in [3.05, 3.63) is 35.1 Å². The van der Waals surface area contributed by atoms with E-state index in [0.717, 1.165) is 41.6 Å². The van der Waals surface area contributed by atoms with Gasteiger partial charge in [0.25, 0.3) is 5.91 Å². The molecule has 1 fully saturated rings. The van der Waals surface area contributed by atoms with Crippen molar-refractivity contribution in [2.24, 2.45) is 5.41 Å². The second-order valence-electron chi connectivity index (χ2n) is 8.98. The molecule has 34 heavy (non-hydrogen) atoms. The third kappa shape index (κ3) is 5.43. The molecule has 3 aromatic rings. The summed E-state index contributed by atoms with van der Waals surface area (Å²) in [5.41, 5.74) is 1.46. The van der Waals surface area contributed by atoms with E-state index in [0.29, 0.717) is 41.8 Å². The van der Waals surface area contributed by atoms with Crippen LogP contribution in [-0.2, 0) is 0 Å². The fraction of sp³-hybridized carbons (Fsp3) is 0.458. The Morgan fingerprint density at radius 3 is 2.88 bits per heavy atom. The molecule has 0 radical (unpaired) electrons. The minimum atomic E-state index is -0.0946. The van der Waals surface area contributed by atoms with Gasteiger partial charge in [-0.25, -0.2) is 15.0 Å². The van der Waals surface area contributed by atoms with Crippen molar-refractivity contribution in [1.82, 2.24) is 25.2 Å². The molecule has 0 bridgehead atoms. The van der Waals surface area contributed by atoms with Gasteiger partial charge in [0.2, 0.25) is 5.88 Å². The molecule has 10 heteroatoms. The number of nitrogens with zero attached hydrogens (tertiary/aromatic N) is 5. The van der Waals surface area contributed by atoms with Crippen LogP contribution in [0.1, 0.15) is 40.9 Å². The summed E-state index contributed by atoms with van der Waals surface area (Å²) in [7, 11) is 4.03. The summed E-state index contributed by atoms with van der Waals surface area (Å²) in [6, 6.07) is 5.95. The number of rotatable bonds is 11. The van der Waals surface area contributed by atoms with E-state index in [1.165, 1.54) is 17.7 Å². The smallest absolute Gasteiger partial charge is 0.261 e. The number of thiophene rings is 1. The van der Waals surface area contributed by atoms with E-state index >= 15 is 0 Å². The lowest BCUT2D eigenvalue weighted by Gasteiger charge is -2.15. The van der Waals surface area contributed by atoms with Gasteiger partial charge in [0, 0.05) is 24.6 Å². The average molecular weight is 480 g/mol. The van der Waals surface area contributed by atoms with Gasteiger partial charge in [-0.15, -0.1) is 11.3 Å². The highest BCUT2D eigenvalue weighted by atomic mass is 32.1. The summed E-state index contributed by atoms with van der Waals surface area (Å²) in [6.45, 7) is 3.91. The van der Waals surface area contributed by atoms with Crippen LogP contribution >= 0.6 is 11.3 Å². The molecule has 0 spiro atoms. The first-order chi connectivity index (χ1) is 16.4. The molecule has 1 aliphatic carbocycles. The predicted molar refractivity (Wildman–Crippen MR) is 133 cm³/mol. The number of fused-ring (bicyclic) bond motifs is 1. The van der Waals surface area contributed by atoms with Gasteiger partial charge < -0.3 is 20.3 Å². The normalized spacial score (nSPS) is 14.1. The van der Waals surface area contributed by atoms with Crippen molar-refractivity contribution in [1.29, 1.82) is 5.26 Å². The highest BCUT2D eigenvalue weighted by molar-refractivity contribution is 7.20. The molecule has 0 saturated heterocycles. The molecule has 1 amide bonds. The average Bonchev–Trinajstić information content (AvgIpc) is 3.50. The van der Waals surface area contributed by atoms with Crippen molar-refractivity contribution >= 4 is 39.0 Å². The van der Waals surface area contributed by atoms with Crippen LogP contribution in [0.3, 0.4) is 0 Å². The largest absolute Gasteiger partial charge is 0.476 e. The van der Waals surface area contributed by atoms with Gasteiger partial charge in [0.05, 0.1) is 22.9 Å². The van der Waals surface area contributed by atoms with Crippen molar-refractivity contribution in [3.8, 4) is 11.9 Å². The Hall–Kier alpha value is -3.29. The first-order valence-corrected chi connectivity index (χ1v) is 12.1. The van der Waals surface area contributed by atoms with E-state index in [9.17, 15) is 4.79 Å². The third-order valence-electron chi connectivity index (χ3n) is 5.95. The van der Waals surface area contributed by atoms with Crippen molar-refractivity contribution in [2.75, 3.05) is 39.1 Å². The van der Waals surface area contributed by atoms with Gasteiger partial charge in [-0.05, 0) is 64.5 Å². The van der Waals surface area contributed by atoms with E-state index in [4.69, 9.17) is 10.00 Å². The van der Waals surface area contributed by atoms with Gasteiger partial charge in [0.1, 0.15) is 22.7 Å². The number of anilines is 2. The number of amides is 1. The lowest BCUT2D eigenvalue weighted by atomic mass is 10.1. The second-order valence-corrected chi connectivity index (χ2v) is 9.98. The van der Waals surface area contributed by atoms with Gasteiger partial charge in [0.15, 0.2) is 0 Å². The van der Waals surface area contributed by atoms with Crippen molar-refractivity contribution in [3.63, 3.8) is 0 Å². The fourth-order valence-corrected chi connectivity index (χ4v) is 4.79. The minimum absolute atomic E-state index is 0.0511. The van der Waals surface area contributed by atoms with Crippen molar-refractivity contribution in [2.45, 2.75) is 32.6 Å². The molecule has 0 aromatic carbocycles. The fourth-order valence-electron chi connectivity index (χ4n) is 3.73. The Kier molecular flexibility index (Phi) is 7.24. The van der Waals surface area contributed by atoms with Crippen molar-refractivity contribution < 1.29 is 9.53 Å². The molecule has 0 aliphatic heterocycles. The van der Waals surface area contributed by atoms with Gasteiger partial charge in [-0.2, -0.15) is 5.26 Å². The van der Waals surface area contributed by atoms with Crippen LogP contribution in [0.2, 0.25) is 0 Å². The van der Waals surface area contributed by atoms with E-state index in [-0.39, 0.29) is 11.3 Å². The minimum Gasteiger partial charge on any atom is -0.476 e. The number of aryl methyl sites for hydroxylation is 1. The molecule has 178 valence electrons.